The van der Waals surface area contributed by atoms with Crippen LogP contribution in [0.15, 0.2) is 43.1 Å². The highest BCUT2D eigenvalue weighted by atomic mass is 15.2. The number of pyridine rings is 1. The van der Waals surface area contributed by atoms with Gasteiger partial charge in [0.25, 0.3) is 0 Å². The molecule has 0 aliphatic heterocycles. The molecule has 23 heavy (non-hydrogen) atoms. The molecule has 4 rings (SSSR count). The van der Waals surface area contributed by atoms with E-state index in [0.29, 0.717) is 5.95 Å². The molecule has 0 radical (unpaired) electrons. The van der Waals surface area contributed by atoms with Crippen LogP contribution < -0.4 is 5.73 Å². The van der Waals surface area contributed by atoms with Crippen molar-refractivity contribution in [1.29, 1.82) is 0 Å². The monoisotopic (exact) mass is 305 g/mol. The van der Waals surface area contributed by atoms with Gasteiger partial charge < -0.3 is 5.73 Å². The molecule has 0 saturated carbocycles. The van der Waals surface area contributed by atoms with E-state index >= 15 is 0 Å². The summed E-state index contributed by atoms with van der Waals surface area (Å²) in [6, 6.07) is 3.97. The standard InChI is InChI=1S/C16H15N7/c1-10-7-11(3-4-18-10)13-14(12-8-20-22(2)9-12)21-16(17)23-6-5-19-15(13)23/h3-9H,1-2H3,(H2,17,21). The van der Waals surface area contributed by atoms with Gasteiger partial charge in [-0.3, -0.25) is 14.1 Å². The summed E-state index contributed by atoms with van der Waals surface area (Å²) < 4.78 is 3.52. The molecule has 0 amide bonds. The number of imidazole rings is 1. The number of aromatic nitrogens is 6. The summed E-state index contributed by atoms with van der Waals surface area (Å²) in [4.78, 5) is 13.3. The van der Waals surface area contributed by atoms with Crippen LogP contribution in [0.3, 0.4) is 0 Å². The van der Waals surface area contributed by atoms with Crippen molar-refractivity contribution >= 4 is 11.6 Å². The molecular formula is C16H15N7. The van der Waals surface area contributed by atoms with Crippen molar-refractivity contribution in [3.05, 3.63) is 48.8 Å². The number of hydrogen-bond donors (Lipinski definition) is 1. The fraction of sp³-hybridized carbons (Fsp3) is 0.125. The van der Waals surface area contributed by atoms with E-state index in [2.05, 4.69) is 20.1 Å². The minimum absolute atomic E-state index is 0.394. The number of nitrogens with zero attached hydrogens (tertiary/aromatic N) is 6. The number of fused-ring (bicyclic) bond motifs is 1. The zero-order chi connectivity index (χ0) is 16.0. The number of anilines is 1. The molecule has 0 unspecified atom stereocenters. The summed E-state index contributed by atoms with van der Waals surface area (Å²) in [6.07, 6.45) is 9.01. The molecule has 0 bridgehead atoms. The van der Waals surface area contributed by atoms with Crippen molar-refractivity contribution < 1.29 is 0 Å². The van der Waals surface area contributed by atoms with E-state index in [1.165, 1.54) is 0 Å². The normalized spacial score (nSPS) is 11.2. The Morgan fingerprint density at radius 3 is 2.74 bits per heavy atom. The van der Waals surface area contributed by atoms with Crippen molar-refractivity contribution in [2.75, 3.05) is 5.73 Å². The van der Waals surface area contributed by atoms with Crippen LogP contribution in [-0.4, -0.2) is 29.1 Å². The predicted octanol–water partition coefficient (Wildman–Crippen LogP) is 2.08. The fourth-order valence-corrected chi connectivity index (χ4v) is 2.72. The molecule has 0 aromatic carbocycles. The van der Waals surface area contributed by atoms with E-state index in [1.807, 2.05) is 38.5 Å². The predicted molar refractivity (Wildman–Crippen MR) is 87.6 cm³/mol. The van der Waals surface area contributed by atoms with Gasteiger partial charge in [0.1, 0.15) is 5.65 Å². The average Bonchev–Trinajstić information content (AvgIpc) is 3.16. The first-order chi connectivity index (χ1) is 11.1. The summed E-state index contributed by atoms with van der Waals surface area (Å²) in [6.45, 7) is 1.96. The first-order valence-corrected chi connectivity index (χ1v) is 7.18. The van der Waals surface area contributed by atoms with Gasteiger partial charge in [-0.2, -0.15) is 5.10 Å². The lowest BCUT2D eigenvalue weighted by Crippen LogP contribution is -2.04. The molecule has 7 heteroatoms. The molecule has 7 nitrogen and oxygen atoms in total. The Labute approximate surface area is 132 Å². The topological polar surface area (TPSA) is 86.9 Å². The molecule has 2 N–H and O–H groups in total. The van der Waals surface area contributed by atoms with E-state index < -0.39 is 0 Å². The zero-order valence-electron chi connectivity index (χ0n) is 12.8. The van der Waals surface area contributed by atoms with Crippen LogP contribution in [0.1, 0.15) is 5.69 Å². The maximum absolute atomic E-state index is 6.09. The summed E-state index contributed by atoms with van der Waals surface area (Å²) in [5.41, 5.74) is 11.4. The maximum Gasteiger partial charge on any atom is 0.206 e. The lowest BCUT2D eigenvalue weighted by Gasteiger charge is -2.11. The van der Waals surface area contributed by atoms with Crippen molar-refractivity contribution in [3.8, 4) is 22.4 Å². The molecule has 0 fully saturated rings. The van der Waals surface area contributed by atoms with Gasteiger partial charge in [0, 0.05) is 43.1 Å². The van der Waals surface area contributed by atoms with Crippen molar-refractivity contribution in [2.24, 2.45) is 7.05 Å². The highest BCUT2D eigenvalue weighted by Gasteiger charge is 2.18. The number of aryl methyl sites for hydroxylation is 2. The summed E-state index contributed by atoms with van der Waals surface area (Å²) in [7, 11) is 1.87. The second-order valence-corrected chi connectivity index (χ2v) is 5.40. The van der Waals surface area contributed by atoms with Gasteiger partial charge in [0.05, 0.1) is 17.5 Å². The minimum atomic E-state index is 0.394. The van der Waals surface area contributed by atoms with Gasteiger partial charge in [0.15, 0.2) is 0 Å². The van der Waals surface area contributed by atoms with Gasteiger partial charge in [-0.1, -0.05) is 0 Å². The van der Waals surface area contributed by atoms with Gasteiger partial charge in [-0.05, 0) is 24.6 Å². The van der Waals surface area contributed by atoms with E-state index in [4.69, 9.17) is 5.73 Å². The van der Waals surface area contributed by atoms with Crippen LogP contribution in [0.2, 0.25) is 0 Å². The Hall–Kier alpha value is -3.22. The van der Waals surface area contributed by atoms with Gasteiger partial charge in [-0.25, -0.2) is 9.97 Å². The first kappa shape index (κ1) is 13.4. The Bertz CT molecular complexity index is 1010. The average molecular weight is 305 g/mol. The van der Waals surface area contributed by atoms with Gasteiger partial charge in [0.2, 0.25) is 5.95 Å². The Balaban J connectivity index is 2.11. The van der Waals surface area contributed by atoms with Crippen molar-refractivity contribution in [2.45, 2.75) is 6.92 Å². The smallest absolute Gasteiger partial charge is 0.206 e. The Morgan fingerprint density at radius 1 is 1.13 bits per heavy atom. The lowest BCUT2D eigenvalue weighted by atomic mass is 10.0. The lowest BCUT2D eigenvalue weighted by molar-refractivity contribution is 0.768. The van der Waals surface area contributed by atoms with Gasteiger partial charge in [-0.15, -0.1) is 0 Å². The Kier molecular flexibility index (Phi) is 2.87. The molecule has 0 saturated heterocycles. The van der Waals surface area contributed by atoms with Crippen LogP contribution in [0, 0.1) is 6.92 Å². The molecule has 0 aliphatic rings. The second kappa shape index (κ2) is 4.91. The van der Waals surface area contributed by atoms with Crippen molar-refractivity contribution in [1.82, 2.24) is 29.1 Å². The third-order valence-corrected chi connectivity index (χ3v) is 3.74. The molecule has 0 spiro atoms. The van der Waals surface area contributed by atoms with E-state index in [9.17, 15) is 0 Å². The summed E-state index contributed by atoms with van der Waals surface area (Å²) in [5.74, 6) is 0.394. The van der Waals surface area contributed by atoms with E-state index in [-0.39, 0.29) is 0 Å². The molecule has 4 heterocycles. The van der Waals surface area contributed by atoms with Crippen LogP contribution in [0.25, 0.3) is 28.0 Å². The SMILES string of the molecule is Cc1cc(-c2c(-c3cnn(C)c3)nc(N)n3ccnc23)ccn1. The third-order valence-electron chi connectivity index (χ3n) is 3.74. The third kappa shape index (κ3) is 2.13. The van der Waals surface area contributed by atoms with Crippen LogP contribution in [0.5, 0.6) is 0 Å². The number of nitrogens with two attached hydrogens (primary N) is 1. The van der Waals surface area contributed by atoms with Crippen LogP contribution >= 0.6 is 0 Å². The summed E-state index contributed by atoms with van der Waals surface area (Å²) >= 11 is 0. The Morgan fingerprint density at radius 2 is 2.00 bits per heavy atom. The number of hydrogen-bond acceptors (Lipinski definition) is 5. The molecule has 4 aromatic heterocycles. The minimum Gasteiger partial charge on any atom is -0.369 e. The van der Waals surface area contributed by atoms with E-state index in [1.54, 1.807) is 27.7 Å². The van der Waals surface area contributed by atoms with Crippen LogP contribution in [0.4, 0.5) is 5.95 Å². The molecule has 4 aromatic rings. The number of rotatable bonds is 2. The molecule has 114 valence electrons. The quantitative estimate of drug-likeness (QED) is 0.612. The number of nitrogen functional groups attached to an aromatic ring is 1. The highest BCUT2D eigenvalue weighted by molar-refractivity contribution is 5.90. The van der Waals surface area contributed by atoms with Crippen molar-refractivity contribution in [3.63, 3.8) is 0 Å². The van der Waals surface area contributed by atoms with Gasteiger partial charge >= 0.3 is 0 Å². The van der Waals surface area contributed by atoms with Crippen LogP contribution in [-0.2, 0) is 7.05 Å². The maximum atomic E-state index is 6.09. The molecule has 0 atom stereocenters. The second-order valence-electron chi connectivity index (χ2n) is 5.40. The molecule has 0 aliphatic carbocycles. The largest absolute Gasteiger partial charge is 0.369 e. The fourth-order valence-electron chi connectivity index (χ4n) is 2.72. The molecular weight excluding hydrogens is 290 g/mol. The first-order valence-electron chi connectivity index (χ1n) is 7.18. The highest BCUT2D eigenvalue weighted by Crippen LogP contribution is 2.34. The summed E-state index contributed by atoms with van der Waals surface area (Å²) in [5, 5.41) is 4.24. The van der Waals surface area contributed by atoms with E-state index in [0.717, 1.165) is 33.7 Å². The zero-order valence-corrected chi connectivity index (χ0v) is 12.8.